The van der Waals surface area contributed by atoms with Crippen molar-refractivity contribution in [2.45, 2.75) is 31.1 Å². The molecular weight excluding hydrogens is 310 g/mol. The van der Waals surface area contributed by atoms with Gasteiger partial charge in [-0.2, -0.15) is 5.26 Å². The lowest BCUT2D eigenvalue weighted by Crippen LogP contribution is -2.31. The van der Waals surface area contributed by atoms with E-state index in [-0.39, 0.29) is 18.2 Å². The Labute approximate surface area is 132 Å². The van der Waals surface area contributed by atoms with Crippen LogP contribution in [0.1, 0.15) is 30.4 Å². The van der Waals surface area contributed by atoms with Crippen molar-refractivity contribution in [1.29, 1.82) is 5.26 Å². The third-order valence-electron chi connectivity index (χ3n) is 3.39. The highest BCUT2D eigenvalue weighted by Gasteiger charge is 2.16. The van der Waals surface area contributed by atoms with Crippen molar-refractivity contribution in [3.8, 4) is 6.07 Å². The molecule has 7 heteroatoms. The first-order chi connectivity index (χ1) is 9.59. The monoisotopic (exact) mass is 329 g/mol. The summed E-state index contributed by atoms with van der Waals surface area (Å²) in [6, 6.07) is 9.13. The molecule has 2 N–H and O–H groups in total. The molecule has 1 fully saturated rings. The quantitative estimate of drug-likeness (QED) is 0.829. The normalized spacial score (nSPS) is 18.0. The average Bonchev–Trinajstić information content (AvgIpc) is 2.91. The second kappa shape index (κ2) is 8.35. The number of benzene rings is 1. The molecule has 116 valence electrons. The fourth-order valence-corrected chi connectivity index (χ4v) is 3.54. The van der Waals surface area contributed by atoms with Crippen LogP contribution in [0.25, 0.3) is 0 Å². The Balaban J connectivity index is 0.00000220. The second-order valence-electron chi connectivity index (χ2n) is 5.05. The maximum Gasteiger partial charge on any atom is 0.215 e. The zero-order valence-electron chi connectivity index (χ0n) is 11.7. The Bertz CT molecular complexity index is 592. The van der Waals surface area contributed by atoms with Crippen LogP contribution in [-0.4, -0.2) is 27.5 Å². The molecule has 1 heterocycles. The fourth-order valence-electron chi connectivity index (χ4n) is 2.39. The summed E-state index contributed by atoms with van der Waals surface area (Å²) >= 11 is 0. The first-order valence-corrected chi connectivity index (χ1v) is 8.44. The van der Waals surface area contributed by atoms with Gasteiger partial charge in [-0.15, -0.1) is 12.4 Å². The Morgan fingerprint density at radius 3 is 2.90 bits per heavy atom. The van der Waals surface area contributed by atoms with Gasteiger partial charge in [0.05, 0.1) is 17.4 Å². The number of halogens is 1. The van der Waals surface area contributed by atoms with Gasteiger partial charge in [0.25, 0.3) is 0 Å². The van der Waals surface area contributed by atoms with Gasteiger partial charge in [-0.25, -0.2) is 13.1 Å². The Morgan fingerprint density at radius 2 is 2.24 bits per heavy atom. The van der Waals surface area contributed by atoms with E-state index in [0.717, 1.165) is 19.4 Å². The van der Waals surface area contributed by atoms with E-state index in [2.05, 4.69) is 10.0 Å². The van der Waals surface area contributed by atoms with Crippen LogP contribution in [-0.2, 0) is 15.8 Å². The number of nitriles is 1. The van der Waals surface area contributed by atoms with Crippen LogP contribution in [0.4, 0.5) is 0 Å². The zero-order valence-corrected chi connectivity index (χ0v) is 13.3. The molecule has 0 aromatic heterocycles. The summed E-state index contributed by atoms with van der Waals surface area (Å²) in [7, 11) is -3.34. The minimum Gasteiger partial charge on any atom is -0.314 e. The molecule has 0 spiro atoms. The number of nitrogens with zero attached hydrogens (tertiary/aromatic N) is 1. The fraction of sp³-hybridized carbons (Fsp3) is 0.500. The zero-order chi connectivity index (χ0) is 14.4. The van der Waals surface area contributed by atoms with Gasteiger partial charge in [0, 0.05) is 12.6 Å². The number of hydrogen-bond acceptors (Lipinski definition) is 4. The van der Waals surface area contributed by atoms with Crippen molar-refractivity contribution in [3.63, 3.8) is 0 Å². The summed E-state index contributed by atoms with van der Waals surface area (Å²) < 4.78 is 26.5. The molecule has 1 aliphatic heterocycles. The molecule has 1 aromatic rings. The summed E-state index contributed by atoms with van der Waals surface area (Å²) in [5.74, 6) is -0.0827. The molecule has 1 atom stereocenters. The van der Waals surface area contributed by atoms with Gasteiger partial charge in [0.2, 0.25) is 10.0 Å². The molecule has 21 heavy (non-hydrogen) atoms. The Kier molecular flexibility index (Phi) is 7.12. The lowest BCUT2D eigenvalue weighted by atomic mass is 10.2. The highest BCUT2D eigenvalue weighted by molar-refractivity contribution is 7.88. The van der Waals surface area contributed by atoms with Crippen molar-refractivity contribution in [2.24, 2.45) is 0 Å². The average molecular weight is 330 g/mol. The van der Waals surface area contributed by atoms with E-state index in [1.165, 1.54) is 6.42 Å². The van der Waals surface area contributed by atoms with Crippen LogP contribution >= 0.6 is 12.4 Å². The molecule has 0 aliphatic carbocycles. The molecule has 0 unspecified atom stereocenters. The van der Waals surface area contributed by atoms with E-state index >= 15 is 0 Å². The van der Waals surface area contributed by atoms with Crippen molar-refractivity contribution in [1.82, 2.24) is 10.0 Å². The number of rotatable bonds is 6. The molecule has 0 bridgehead atoms. The van der Waals surface area contributed by atoms with E-state index in [1.54, 1.807) is 24.3 Å². The topological polar surface area (TPSA) is 82.0 Å². The van der Waals surface area contributed by atoms with Crippen LogP contribution in [0, 0.1) is 11.3 Å². The third-order valence-corrected chi connectivity index (χ3v) is 4.75. The molecule has 2 rings (SSSR count). The Morgan fingerprint density at radius 1 is 1.43 bits per heavy atom. The van der Waals surface area contributed by atoms with Crippen molar-refractivity contribution in [3.05, 3.63) is 35.4 Å². The lowest BCUT2D eigenvalue weighted by Gasteiger charge is -2.11. The van der Waals surface area contributed by atoms with Crippen LogP contribution in [0.15, 0.2) is 24.3 Å². The molecule has 5 nitrogen and oxygen atoms in total. The van der Waals surface area contributed by atoms with Gasteiger partial charge in [0.15, 0.2) is 0 Å². The molecule has 0 amide bonds. The van der Waals surface area contributed by atoms with Crippen LogP contribution < -0.4 is 10.0 Å². The van der Waals surface area contributed by atoms with Crippen LogP contribution in [0.3, 0.4) is 0 Å². The van der Waals surface area contributed by atoms with E-state index in [9.17, 15) is 8.42 Å². The second-order valence-corrected chi connectivity index (χ2v) is 6.85. The van der Waals surface area contributed by atoms with E-state index in [0.29, 0.717) is 23.7 Å². The molecule has 1 saturated heterocycles. The summed E-state index contributed by atoms with van der Waals surface area (Å²) in [5, 5.41) is 12.1. The minimum atomic E-state index is -3.34. The highest BCUT2D eigenvalue weighted by atomic mass is 35.5. The van der Waals surface area contributed by atoms with Gasteiger partial charge in [-0.1, -0.05) is 12.1 Å². The largest absolute Gasteiger partial charge is 0.314 e. The van der Waals surface area contributed by atoms with Crippen molar-refractivity contribution < 1.29 is 8.42 Å². The standard InChI is InChI=1S/C14H19N3O2S.ClH/c15-10-12-3-1-4-13(9-12)11-20(18,19)17-8-6-14-5-2-7-16-14;/h1,3-4,9,14,16-17H,2,5-8,11H2;1H/t14-;/m1./s1. The van der Waals surface area contributed by atoms with Crippen molar-refractivity contribution >= 4 is 22.4 Å². The summed E-state index contributed by atoms with van der Waals surface area (Å²) in [5.41, 5.74) is 1.11. The summed E-state index contributed by atoms with van der Waals surface area (Å²) in [6.07, 6.45) is 3.10. The molecule has 0 saturated carbocycles. The highest BCUT2D eigenvalue weighted by Crippen LogP contribution is 2.10. The maximum absolute atomic E-state index is 12.0. The Hall–Kier alpha value is -1.13. The van der Waals surface area contributed by atoms with E-state index in [1.807, 2.05) is 6.07 Å². The molecular formula is C14H20ClN3O2S. The number of hydrogen-bond donors (Lipinski definition) is 2. The van der Waals surface area contributed by atoms with Gasteiger partial charge in [0.1, 0.15) is 0 Å². The first-order valence-electron chi connectivity index (χ1n) is 6.79. The maximum atomic E-state index is 12.0. The number of nitrogens with one attached hydrogen (secondary N) is 2. The van der Waals surface area contributed by atoms with Gasteiger partial charge >= 0.3 is 0 Å². The summed E-state index contributed by atoms with van der Waals surface area (Å²) in [4.78, 5) is 0. The van der Waals surface area contributed by atoms with Crippen molar-refractivity contribution in [2.75, 3.05) is 13.1 Å². The summed E-state index contributed by atoms with van der Waals surface area (Å²) in [6.45, 7) is 1.48. The van der Waals surface area contributed by atoms with Gasteiger partial charge < -0.3 is 5.32 Å². The van der Waals surface area contributed by atoms with Gasteiger partial charge in [-0.05, 0) is 43.5 Å². The van der Waals surface area contributed by atoms with Gasteiger partial charge in [-0.3, -0.25) is 0 Å². The van der Waals surface area contributed by atoms with E-state index < -0.39 is 10.0 Å². The van der Waals surface area contributed by atoms with E-state index in [4.69, 9.17) is 5.26 Å². The predicted octanol–water partition coefficient (Wildman–Crippen LogP) is 1.54. The molecule has 1 aromatic carbocycles. The SMILES string of the molecule is Cl.N#Cc1cccc(CS(=O)(=O)NCC[C@H]2CCCN2)c1. The van der Waals surface area contributed by atoms with Crippen LogP contribution in [0.2, 0.25) is 0 Å². The minimum absolute atomic E-state index is 0. The first kappa shape index (κ1) is 17.9. The lowest BCUT2D eigenvalue weighted by molar-refractivity contribution is 0.539. The predicted molar refractivity (Wildman–Crippen MR) is 84.7 cm³/mol. The molecule has 0 radical (unpaired) electrons. The third kappa shape index (κ3) is 6.02. The smallest absolute Gasteiger partial charge is 0.215 e. The molecule has 1 aliphatic rings. The van der Waals surface area contributed by atoms with Crippen LogP contribution in [0.5, 0.6) is 0 Å². The number of sulfonamides is 1.